The standard InChI is InChI=1S/C15H23N3O3/c1-3-21-15-10-12(7-8-14(15)18(19)20)16-11-13-6-4-5-9-17(13)2/h7-8,10,13,16H,3-6,9,11H2,1-2H3. The Balaban J connectivity index is 2.02. The topological polar surface area (TPSA) is 67.6 Å². The highest BCUT2D eigenvalue weighted by Crippen LogP contribution is 2.30. The van der Waals surface area contributed by atoms with Crippen molar-refractivity contribution in [3.05, 3.63) is 28.3 Å². The van der Waals surface area contributed by atoms with E-state index in [1.54, 1.807) is 12.1 Å². The number of hydrogen-bond donors (Lipinski definition) is 1. The Morgan fingerprint density at radius 2 is 2.29 bits per heavy atom. The Morgan fingerprint density at radius 1 is 1.48 bits per heavy atom. The van der Waals surface area contributed by atoms with Crippen LogP contribution in [-0.4, -0.2) is 42.6 Å². The zero-order chi connectivity index (χ0) is 15.2. The summed E-state index contributed by atoms with van der Waals surface area (Å²) in [5, 5.41) is 14.3. The fourth-order valence-corrected chi connectivity index (χ4v) is 2.68. The summed E-state index contributed by atoms with van der Waals surface area (Å²) in [6, 6.07) is 5.47. The van der Waals surface area contributed by atoms with Crippen molar-refractivity contribution in [3.8, 4) is 5.75 Å². The molecule has 1 saturated heterocycles. The minimum absolute atomic E-state index is 0.0113. The molecule has 0 amide bonds. The molecule has 1 aliphatic rings. The Bertz CT molecular complexity index is 493. The number of nitro benzene ring substituents is 1. The largest absolute Gasteiger partial charge is 0.487 e. The van der Waals surface area contributed by atoms with Crippen LogP contribution in [0.1, 0.15) is 26.2 Å². The van der Waals surface area contributed by atoms with E-state index in [2.05, 4.69) is 17.3 Å². The van der Waals surface area contributed by atoms with Crippen LogP contribution >= 0.6 is 0 Å². The summed E-state index contributed by atoms with van der Waals surface area (Å²) in [6.07, 6.45) is 3.72. The molecule has 1 aromatic carbocycles. The van der Waals surface area contributed by atoms with Gasteiger partial charge < -0.3 is 15.0 Å². The van der Waals surface area contributed by atoms with Crippen LogP contribution in [0.5, 0.6) is 5.75 Å². The van der Waals surface area contributed by atoms with Gasteiger partial charge >= 0.3 is 5.69 Å². The van der Waals surface area contributed by atoms with Gasteiger partial charge in [0, 0.05) is 30.4 Å². The highest BCUT2D eigenvalue weighted by atomic mass is 16.6. The number of likely N-dealkylation sites (tertiary alicyclic amines) is 1. The summed E-state index contributed by atoms with van der Waals surface area (Å²) in [5.41, 5.74) is 0.875. The molecular weight excluding hydrogens is 270 g/mol. The van der Waals surface area contributed by atoms with Crippen LogP contribution in [0, 0.1) is 10.1 Å². The Labute approximate surface area is 125 Å². The van der Waals surface area contributed by atoms with E-state index in [-0.39, 0.29) is 5.69 Å². The van der Waals surface area contributed by atoms with E-state index in [0.717, 1.165) is 18.8 Å². The number of nitro groups is 1. The first-order chi connectivity index (χ1) is 10.1. The Hall–Kier alpha value is -1.82. The van der Waals surface area contributed by atoms with Gasteiger partial charge in [-0.2, -0.15) is 0 Å². The number of nitrogens with one attached hydrogen (secondary N) is 1. The van der Waals surface area contributed by atoms with E-state index in [1.807, 2.05) is 6.92 Å². The van der Waals surface area contributed by atoms with Crippen molar-refractivity contribution in [1.82, 2.24) is 4.90 Å². The van der Waals surface area contributed by atoms with Crippen LogP contribution in [0.15, 0.2) is 18.2 Å². The van der Waals surface area contributed by atoms with E-state index in [4.69, 9.17) is 4.74 Å². The lowest BCUT2D eigenvalue weighted by Gasteiger charge is -2.32. The van der Waals surface area contributed by atoms with Crippen LogP contribution in [0.3, 0.4) is 0 Å². The van der Waals surface area contributed by atoms with Crippen LogP contribution < -0.4 is 10.1 Å². The molecule has 0 aliphatic carbocycles. The summed E-state index contributed by atoms with van der Waals surface area (Å²) >= 11 is 0. The van der Waals surface area contributed by atoms with Crippen molar-refractivity contribution in [2.75, 3.05) is 32.1 Å². The molecule has 1 fully saturated rings. The van der Waals surface area contributed by atoms with Gasteiger partial charge in [0.15, 0.2) is 5.75 Å². The maximum Gasteiger partial charge on any atom is 0.311 e. The van der Waals surface area contributed by atoms with Crippen molar-refractivity contribution >= 4 is 11.4 Å². The number of ether oxygens (including phenoxy) is 1. The second-order valence-electron chi connectivity index (χ2n) is 5.38. The van der Waals surface area contributed by atoms with Gasteiger partial charge in [0.05, 0.1) is 11.5 Å². The predicted octanol–water partition coefficient (Wildman–Crippen LogP) is 2.89. The smallest absolute Gasteiger partial charge is 0.311 e. The number of likely N-dealkylation sites (N-methyl/N-ethyl adjacent to an activating group) is 1. The fraction of sp³-hybridized carbons (Fsp3) is 0.600. The van der Waals surface area contributed by atoms with E-state index in [0.29, 0.717) is 18.4 Å². The van der Waals surface area contributed by atoms with Gasteiger partial charge in [-0.15, -0.1) is 0 Å². The lowest BCUT2D eigenvalue weighted by atomic mass is 10.0. The first kappa shape index (κ1) is 15.6. The molecule has 6 heteroatoms. The third kappa shape index (κ3) is 4.07. The molecule has 1 heterocycles. The van der Waals surface area contributed by atoms with Crippen LogP contribution in [-0.2, 0) is 0 Å². The molecule has 21 heavy (non-hydrogen) atoms. The number of benzene rings is 1. The van der Waals surface area contributed by atoms with Gasteiger partial charge in [-0.1, -0.05) is 6.42 Å². The quantitative estimate of drug-likeness (QED) is 0.645. The minimum atomic E-state index is -0.413. The van der Waals surface area contributed by atoms with Crippen LogP contribution in [0.4, 0.5) is 11.4 Å². The van der Waals surface area contributed by atoms with Crippen molar-refractivity contribution in [3.63, 3.8) is 0 Å². The maximum absolute atomic E-state index is 11.0. The number of rotatable bonds is 6. The van der Waals surface area contributed by atoms with Crippen LogP contribution in [0.25, 0.3) is 0 Å². The van der Waals surface area contributed by atoms with E-state index in [9.17, 15) is 10.1 Å². The molecule has 116 valence electrons. The van der Waals surface area contributed by atoms with Crippen LogP contribution in [0.2, 0.25) is 0 Å². The van der Waals surface area contributed by atoms with Crippen molar-refractivity contribution < 1.29 is 9.66 Å². The molecule has 1 unspecified atom stereocenters. The molecule has 6 nitrogen and oxygen atoms in total. The van der Waals surface area contributed by atoms with E-state index in [1.165, 1.54) is 25.3 Å². The summed E-state index contributed by atoms with van der Waals surface area (Å²) in [6.45, 7) is 4.22. The normalized spacial score (nSPS) is 19.2. The molecular formula is C15H23N3O3. The van der Waals surface area contributed by atoms with E-state index < -0.39 is 4.92 Å². The molecule has 1 aliphatic heterocycles. The SMILES string of the molecule is CCOc1cc(NCC2CCCCN2C)ccc1[N+](=O)[O-]. The maximum atomic E-state index is 11.0. The molecule has 0 saturated carbocycles. The number of anilines is 1. The molecule has 1 N–H and O–H groups in total. The molecule has 0 radical (unpaired) electrons. The molecule has 1 aromatic rings. The van der Waals surface area contributed by atoms with Gasteiger partial charge in [0.1, 0.15) is 0 Å². The van der Waals surface area contributed by atoms with Gasteiger partial charge in [0.2, 0.25) is 0 Å². The fourth-order valence-electron chi connectivity index (χ4n) is 2.68. The minimum Gasteiger partial charge on any atom is -0.487 e. The lowest BCUT2D eigenvalue weighted by molar-refractivity contribution is -0.385. The molecule has 2 rings (SSSR count). The summed E-state index contributed by atoms with van der Waals surface area (Å²) in [7, 11) is 2.15. The monoisotopic (exact) mass is 293 g/mol. The number of nitrogens with zero attached hydrogens (tertiary/aromatic N) is 2. The second-order valence-corrected chi connectivity index (χ2v) is 5.38. The predicted molar refractivity (Wildman–Crippen MR) is 83.0 cm³/mol. The second kappa shape index (κ2) is 7.26. The average molecular weight is 293 g/mol. The van der Waals surface area contributed by atoms with E-state index >= 15 is 0 Å². The zero-order valence-corrected chi connectivity index (χ0v) is 12.7. The Morgan fingerprint density at radius 3 is 2.95 bits per heavy atom. The van der Waals surface area contributed by atoms with Crippen molar-refractivity contribution in [2.24, 2.45) is 0 Å². The average Bonchev–Trinajstić information content (AvgIpc) is 2.46. The molecule has 0 bridgehead atoms. The van der Waals surface area contributed by atoms with Gasteiger partial charge in [0.25, 0.3) is 0 Å². The summed E-state index contributed by atoms with van der Waals surface area (Å²) < 4.78 is 5.36. The first-order valence-electron chi connectivity index (χ1n) is 7.47. The third-order valence-corrected chi connectivity index (χ3v) is 3.92. The Kier molecular flexibility index (Phi) is 5.38. The van der Waals surface area contributed by atoms with Gasteiger partial charge in [-0.3, -0.25) is 10.1 Å². The summed E-state index contributed by atoms with van der Waals surface area (Å²) in [5.74, 6) is 0.324. The highest BCUT2D eigenvalue weighted by molar-refractivity contribution is 5.58. The number of piperidine rings is 1. The zero-order valence-electron chi connectivity index (χ0n) is 12.7. The number of hydrogen-bond acceptors (Lipinski definition) is 5. The third-order valence-electron chi connectivity index (χ3n) is 3.92. The van der Waals surface area contributed by atoms with Gasteiger partial charge in [-0.25, -0.2) is 0 Å². The van der Waals surface area contributed by atoms with Gasteiger partial charge in [-0.05, 0) is 39.4 Å². The molecule has 1 atom stereocenters. The highest BCUT2D eigenvalue weighted by Gasteiger charge is 2.19. The molecule has 0 spiro atoms. The lowest BCUT2D eigenvalue weighted by Crippen LogP contribution is -2.40. The van der Waals surface area contributed by atoms with Crippen molar-refractivity contribution in [2.45, 2.75) is 32.2 Å². The first-order valence-corrected chi connectivity index (χ1v) is 7.47. The molecule has 0 aromatic heterocycles. The summed E-state index contributed by atoms with van der Waals surface area (Å²) in [4.78, 5) is 12.9. The van der Waals surface area contributed by atoms with Crippen molar-refractivity contribution in [1.29, 1.82) is 0 Å².